The first-order valence-corrected chi connectivity index (χ1v) is 8.09. The highest BCUT2D eigenvalue weighted by molar-refractivity contribution is 5.35. The molecule has 0 radical (unpaired) electrons. The van der Waals surface area contributed by atoms with Gasteiger partial charge in [-0.3, -0.25) is 0 Å². The molecule has 116 valence electrons. The second-order valence-corrected chi connectivity index (χ2v) is 6.18. The summed E-state index contributed by atoms with van der Waals surface area (Å²) in [5.74, 6) is 3.81. The van der Waals surface area contributed by atoms with Crippen LogP contribution < -0.4 is 15.4 Å². The standard InChI is InChI=1S/C15H25N5O/c1-3-6-21-15-19-13(16-2)18-14(20-15)17-9-12-8-10-4-5-11(12)7-10/h10-12H,3-9H2,1-2H3,(H2,16,17,18,19,20). The lowest BCUT2D eigenvalue weighted by atomic mass is 9.89. The topological polar surface area (TPSA) is 72.0 Å². The first-order chi connectivity index (χ1) is 10.3. The number of rotatable bonds is 7. The average molecular weight is 291 g/mol. The van der Waals surface area contributed by atoms with E-state index >= 15 is 0 Å². The Morgan fingerprint density at radius 2 is 2.00 bits per heavy atom. The van der Waals surface area contributed by atoms with Crippen LogP contribution in [0.15, 0.2) is 0 Å². The van der Waals surface area contributed by atoms with Crippen LogP contribution in [-0.2, 0) is 0 Å². The molecule has 1 aromatic rings. The number of aromatic nitrogens is 3. The molecule has 0 aromatic carbocycles. The number of nitrogens with one attached hydrogen (secondary N) is 2. The molecule has 0 amide bonds. The minimum Gasteiger partial charge on any atom is -0.463 e. The number of fused-ring (bicyclic) bond motifs is 2. The van der Waals surface area contributed by atoms with E-state index in [1.54, 1.807) is 7.05 Å². The van der Waals surface area contributed by atoms with Gasteiger partial charge >= 0.3 is 6.01 Å². The van der Waals surface area contributed by atoms with Crippen LogP contribution in [0.3, 0.4) is 0 Å². The Morgan fingerprint density at radius 1 is 1.14 bits per heavy atom. The highest BCUT2D eigenvalue weighted by atomic mass is 16.5. The van der Waals surface area contributed by atoms with Gasteiger partial charge in [0.2, 0.25) is 11.9 Å². The van der Waals surface area contributed by atoms with Gasteiger partial charge in [0.05, 0.1) is 6.61 Å². The normalized spacial score (nSPS) is 26.9. The molecule has 2 saturated carbocycles. The number of ether oxygens (including phenoxy) is 1. The second kappa shape index (κ2) is 6.45. The summed E-state index contributed by atoms with van der Waals surface area (Å²) in [5, 5.41) is 6.34. The van der Waals surface area contributed by atoms with Crippen LogP contribution >= 0.6 is 0 Å². The number of nitrogens with zero attached hydrogens (tertiary/aromatic N) is 3. The predicted molar refractivity (Wildman–Crippen MR) is 82.6 cm³/mol. The third kappa shape index (κ3) is 3.36. The van der Waals surface area contributed by atoms with Gasteiger partial charge in [0.15, 0.2) is 0 Å². The molecule has 3 rings (SSSR count). The summed E-state index contributed by atoms with van der Waals surface area (Å²) in [4.78, 5) is 12.9. The summed E-state index contributed by atoms with van der Waals surface area (Å²) in [7, 11) is 1.80. The smallest absolute Gasteiger partial charge is 0.323 e. The maximum absolute atomic E-state index is 5.52. The molecule has 3 atom stereocenters. The lowest BCUT2D eigenvalue weighted by molar-refractivity contribution is 0.292. The van der Waals surface area contributed by atoms with E-state index in [-0.39, 0.29) is 0 Å². The Kier molecular flexibility index (Phi) is 4.41. The van der Waals surface area contributed by atoms with Crippen molar-refractivity contribution in [1.29, 1.82) is 0 Å². The molecular formula is C15H25N5O. The summed E-state index contributed by atoms with van der Waals surface area (Å²) >= 11 is 0. The minimum atomic E-state index is 0.395. The number of hydrogen-bond acceptors (Lipinski definition) is 6. The second-order valence-electron chi connectivity index (χ2n) is 6.18. The van der Waals surface area contributed by atoms with Gasteiger partial charge in [0.1, 0.15) is 0 Å². The summed E-state index contributed by atoms with van der Waals surface area (Å²) in [6.45, 7) is 3.65. The van der Waals surface area contributed by atoms with Gasteiger partial charge in [0.25, 0.3) is 0 Å². The summed E-state index contributed by atoms with van der Waals surface area (Å²) in [6, 6.07) is 0.395. The molecule has 2 aliphatic rings. The third-order valence-corrected chi connectivity index (χ3v) is 4.68. The summed E-state index contributed by atoms with van der Waals surface area (Å²) in [6.07, 6.45) is 6.57. The fourth-order valence-electron chi connectivity index (χ4n) is 3.65. The lowest BCUT2D eigenvalue weighted by Gasteiger charge is -2.21. The van der Waals surface area contributed by atoms with Gasteiger partial charge < -0.3 is 15.4 Å². The van der Waals surface area contributed by atoms with Gasteiger partial charge in [-0.05, 0) is 43.4 Å². The van der Waals surface area contributed by atoms with E-state index in [2.05, 4.69) is 32.5 Å². The van der Waals surface area contributed by atoms with Crippen molar-refractivity contribution in [2.24, 2.45) is 17.8 Å². The Morgan fingerprint density at radius 3 is 2.67 bits per heavy atom. The molecular weight excluding hydrogens is 266 g/mol. The van der Waals surface area contributed by atoms with Crippen molar-refractivity contribution in [3.05, 3.63) is 0 Å². The molecule has 0 aliphatic heterocycles. The maximum atomic E-state index is 5.52. The van der Waals surface area contributed by atoms with E-state index < -0.39 is 0 Å². The monoisotopic (exact) mass is 291 g/mol. The summed E-state index contributed by atoms with van der Waals surface area (Å²) in [5.41, 5.74) is 0. The lowest BCUT2D eigenvalue weighted by Crippen LogP contribution is -2.21. The zero-order valence-corrected chi connectivity index (χ0v) is 12.9. The van der Waals surface area contributed by atoms with Crippen LogP contribution in [0.4, 0.5) is 11.9 Å². The zero-order valence-electron chi connectivity index (χ0n) is 12.9. The number of hydrogen-bond donors (Lipinski definition) is 2. The predicted octanol–water partition coefficient (Wildman–Crippen LogP) is 2.55. The van der Waals surface area contributed by atoms with E-state index in [9.17, 15) is 0 Å². The minimum absolute atomic E-state index is 0.395. The summed E-state index contributed by atoms with van der Waals surface area (Å²) < 4.78 is 5.52. The molecule has 2 bridgehead atoms. The average Bonchev–Trinajstić information content (AvgIpc) is 3.13. The molecule has 1 aromatic heterocycles. The Balaban J connectivity index is 1.61. The van der Waals surface area contributed by atoms with Crippen molar-refractivity contribution in [1.82, 2.24) is 15.0 Å². The van der Waals surface area contributed by atoms with Gasteiger partial charge in [-0.25, -0.2) is 0 Å². The van der Waals surface area contributed by atoms with E-state index in [1.807, 2.05) is 0 Å². The largest absolute Gasteiger partial charge is 0.463 e. The Hall–Kier alpha value is -1.59. The zero-order chi connectivity index (χ0) is 14.7. The van der Waals surface area contributed by atoms with Crippen molar-refractivity contribution in [3.8, 4) is 6.01 Å². The van der Waals surface area contributed by atoms with Crippen molar-refractivity contribution in [2.45, 2.75) is 39.0 Å². The fourth-order valence-corrected chi connectivity index (χ4v) is 3.65. The van der Waals surface area contributed by atoms with Crippen LogP contribution in [0.2, 0.25) is 0 Å². The number of anilines is 2. The van der Waals surface area contributed by atoms with Gasteiger partial charge in [-0.15, -0.1) is 0 Å². The fraction of sp³-hybridized carbons (Fsp3) is 0.800. The Labute approximate surface area is 126 Å². The van der Waals surface area contributed by atoms with E-state index in [0.29, 0.717) is 24.5 Å². The molecule has 3 unspecified atom stereocenters. The van der Waals surface area contributed by atoms with Crippen molar-refractivity contribution < 1.29 is 4.74 Å². The van der Waals surface area contributed by atoms with Gasteiger partial charge in [-0.1, -0.05) is 13.3 Å². The quantitative estimate of drug-likeness (QED) is 0.804. The van der Waals surface area contributed by atoms with E-state index in [4.69, 9.17) is 4.74 Å². The van der Waals surface area contributed by atoms with Crippen molar-refractivity contribution >= 4 is 11.9 Å². The van der Waals surface area contributed by atoms with Crippen LogP contribution in [0, 0.1) is 17.8 Å². The molecule has 6 heteroatoms. The van der Waals surface area contributed by atoms with Crippen LogP contribution in [0.5, 0.6) is 6.01 Å². The first-order valence-electron chi connectivity index (χ1n) is 8.09. The first kappa shape index (κ1) is 14.4. The third-order valence-electron chi connectivity index (χ3n) is 4.68. The molecule has 0 spiro atoms. The highest BCUT2D eigenvalue weighted by Crippen LogP contribution is 2.48. The van der Waals surface area contributed by atoms with Crippen LogP contribution in [0.25, 0.3) is 0 Å². The molecule has 21 heavy (non-hydrogen) atoms. The molecule has 0 saturated heterocycles. The van der Waals surface area contributed by atoms with Gasteiger partial charge in [-0.2, -0.15) is 15.0 Å². The van der Waals surface area contributed by atoms with Crippen molar-refractivity contribution in [3.63, 3.8) is 0 Å². The van der Waals surface area contributed by atoms with Crippen LogP contribution in [-0.4, -0.2) is 35.2 Å². The molecule has 6 nitrogen and oxygen atoms in total. The molecule has 2 aliphatic carbocycles. The SMILES string of the molecule is CCCOc1nc(NC)nc(NCC2CC3CCC2C3)n1. The maximum Gasteiger partial charge on any atom is 0.323 e. The van der Waals surface area contributed by atoms with E-state index in [1.165, 1.54) is 25.7 Å². The van der Waals surface area contributed by atoms with Gasteiger partial charge in [0, 0.05) is 13.6 Å². The Bertz CT molecular complexity index is 481. The van der Waals surface area contributed by atoms with Crippen LogP contribution in [0.1, 0.15) is 39.0 Å². The highest BCUT2D eigenvalue weighted by Gasteiger charge is 2.39. The van der Waals surface area contributed by atoms with Crippen molar-refractivity contribution in [2.75, 3.05) is 30.8 Å². The van der Waals surface area contributed by atoms with E-state index in [0.717, 1.165) is 30.7 Å². The molecule has 2 fully saturated rings. The molecule has 1 heterocycles. The molecule has 2 N–H and O–H groups in total.